The number of amides is 2. The Hall–Kier alpha value is -2.56. The summed E-state index contributed by atoms with van der Waals surface area (Å²) in [6.45, 7) is 3.36. The van der Waals surface area contributed by atoms with E-state index < -0.39 is 0 Å². The molecule has 1 saturated carbocycles. The van der Waals surface area contributed by atoms with Crippen molar-refractivity contribution < 1.29 is 9.59 Å². The summed E-state index contributed by atoms with van der Waals surface area (Å²) in [5.41, 5.74) is 1.75. The van der Waals surface area contributed by atoms with Crippen molar-refractivity contribution in [2.24, 2.45) is 7.05 Å². The highest BCUT2D eigenvalue weighted by Crippen LogP contribution is 2.28. The van der Waals surface area contributed by atoms with Crippen LogP contribution in [-0.4, -0.2) is 45.3 Å². The van der Waals surface area contributed by atoms with Crippen molar-refractivity contribution >= 4 is 11.8 Å². The van der Waals surface area contributed by atoms with Crippen LogP contribution in [-0.2, 0) is 18.4 Å². The van der Waals surface area contributed by atoms with Crippen LogP contribution in [0, 0.1) is 0 Å². The van der Waals surface area contributed by atoms with E-state index in [2.05, 4.69) is 0 Å². The molecule has 1 fully saturated rings. The van der Waals surface area contributed by atoms with Gasteiger partial charge in [0, 0.05) is 37.1 Å². The maximum absolute atomic E-state index is 13.0. The molecule has 0 aliphatic heterocycles. The van der Waals surface area contributed by atoms with Gasteiger partial charge in [-0.25, -0.2) is 0 Å². The molecule has 2 amide bonds. The Balaban J connectivity index is 1.71. The summed E-state index contributed by atoms with van der Waals surface area (Å²) in [7, 11) is 1.99. The fourth-order valence-electron chi connectivity index (χ4n) is 3.18. The summed E-state index contributed by atoms with van der Waals surface area (Å²) in [5, 5.41) is 0. The fourth-order valence-corrected chi connectivity index (χ4v) is 3.18. The summed E-state index contributed by atoms with van der Waals surface area (Å²) >= 11 is 0. The van der Waals surface area contributed by atoms with Crippen molar-refractivity contribution in [2.75, 3.05) is 13.1 Å². The van der Waals surface area contributed by atoms with E-state index in [0.717, 1.165) is 25.0 Å². The van der Waals surface area contributed by atoms with Gasteiger partial charge in [-0.05, 0) is 43.5 Å². The van der Waals surface area contributed by atoms with Crippen LogP contribution >= 0.6 is 0 Å². The minimum atomic E-state index is -0.0737. The first-order valence-electron chi connectivity index (χ1n) is 9.34. The number of nitrogens with zero attached hydrogens (tertiary/aromatic N) is 3. The fraction of sp³-hybridized carbons (Fsp3) is 0.429. The molecular formula is C21H27N3O2. The average molecular weight is 353 g/mol. The van der Waals surface area contributed by atoms with Crippen molar-refractivity contribution in [1.29, 1.82) is 0 Å². The lowest BCUT2D eigenvalue weighted by Gasteiger charge is -2.28. The van der Waals surface area contributed by atoms with Crippen molar-refractivity contribution in [1.82, 2.24) is 14.4 Å². The lowest BCUT2D eigenvalue weighted by atomic mass is 10.2. The predicted octanol–water partition coefficient (Wildman–Crippen LogP) is 3.07. The van der Waals surface area contributed by atoms with Crippen LogP contribution in [0.15, 0.2) is 48.7 Å². The van der Waals surface area contributed by atoms with Crippen LogP contribution in [0.5, 0.6) is 0 Å². The molecule has 1 aromatic carbocycles. The lowest BCUT2D eigenvalue weighted by Crippen LogP contribution is -2.44. The Morgan fingerprint density at radius 3 is 2.42 bits per heavy atom. The van der Waals surface area contributed by atoms with Crippen LogP contribution < -0.4 is 0 Å². The van der Waals surface area contributed by atoms with Crippen LogP contribution in [0.3, 0.4) is 0 Å². The summed E-state index contributed by atoms with van der Waals surface area (Å²) < 4.78 is 2.04. The average Bonchev–Trinajstić information content (AvgIpc) is 3.41. The van der Waals surface area contributed by atoms with E-state index in [0.29, 0.717) is 24.7 Å². The van der Waals surface area contributed by atoms with E-state index in [-0.39, 0.29) is 18.4 Å². The molecule has 1 aliphatic rings. The standard InChI is InChI=1S/C21H27N3O2/c1-3-13-23(21(26)17-8-5-4-6-9-17)16-20(25)24(18-11-12-18)15-19-10-7-14-22(19)2/h4-10,14,18H,3,11-13,15-16H2,1-2H3. The number of hydrogen-bond donors (Lipinski definition) is 0. The molecule has 1 aromatic heterocycles. The van der Waals surface area contributed by atoms with Crippen LogP contribution in [0.25, 0.3) is 0 Å². The molecule has 138 valence electrons. The highest BCUT2D eigenvalue weighted by atomic mass is 16.2. The molecule has 0 radical (unpaired) electrons. The first-order chi connectivity index (χ1) is 12.6. The zero-order chi connectivity index (χ0) is 18.5. The SMILES string of the molecule is CCCN(CC(=O)N(Cc1cccn1C)C1CC1)C(=O)c1ccccc1. The number of rotatable bonds is 8. The molecule has 3 rings (SSSR count). The summed E-state index contributed by atoms with van der Waals surface area (Å²) in [6, 6.07) is 13.6. The van der Waals surface area contributed by atoms with Crippen LogP contribution in [0.4, 0.5) is 0 Å². The quantitative estimate of drug-likeness (QED) is 0.732. The van der Waals surface area contributed by atoms with Gasteiger partial charge in [0.25, 0.3) is 5.91 Å². The molecule has 0 unspecified atom stereocenters. The van der Waals surface area contributed by atoms with Crippen molar-refractivity contribution in [3.8, 4) is 0 Å². The molecule has 0 saturated heterocycles. The van der Waals surface area contributed by atoms with E-state index in [1.165, 1.54) is 0 Å². The second kappa shape index (κ2) is 8.21. The minimum Gasteiger partial charge on any atom is -0.353 e. The first kappa shape index (κ1) is 18.2. The van der Waals surface area contributed by atoms with Gasteiger partial charge >= 0.3 is 0 Å². The maximum atomic E-state index is 13.0. The van der Waals surface area contributed by atoms with Gasteiger partial charge in [0.15, 0.2) is 0 Å². The van der Waals surface area contributed by atoms with E-state index in [4.69, 9.17) is 0 Å². The van der Waals surface area contributed by atoms with Gasteiger partial charge in [0.2, 0.25) is 5.91 Å². The Morgan fingerprint density at radius 2 is 1.85 bits per heavy atom. The molecule has 1 aliphatic carbocycles. The molecule has 0 N–H and O–H groups in total. The molecule has 0 atom stereocenters. The van der Waals surface area contributed by atoms with Gasteiger partial charge in [-0.3, -0.25) is 9.59 Å². The van der Waals surface area contributed by atoms with Gasteiger partial charge < -0.3 is 14.4 Å². The predicted molar refractivity (Wildman–Crippen MR) is 102 cm³/mol. The second-order valence-corrected chi connectivity index (χ2v) is 6.96. The van der Waals surface area contributed by atoms with Crippen molar-refractivity contribution in [2.45, 2.75) is 38.8 Å². The lowest BCUT2D eigenvalue weighted by molar-refractivity contribution is -0.133. The number of hydrogen-bond acceptors (Lipinski definition) is 2. The van der Waals surface area contributed by atoms with Crippen molar-refractivity contribution in [3.63, 3.8) is 0 Å². The first-order valence-corrected chi connectivity index (χ1v) is 9.34. The van der Waals surface area contributed by atoms with Gasteiger partial charge in [0.05, 0.1) is 6.54 Å². The number of aromatic nitrogens is 1. The van der Waals surface area contributed by atoms with E-state index in [1.54, 1.807) is 17.0 Å². The number of benzene rings is 1. The Kier molecular flexibility index (Phi) is 5.76. The smallest absolute Gasteiger partial charge is 0.254 e. The highest BCUT2D eigenvalue weighted by Gasteiger charge is 2.34. The summed E-state index contributed by atoms with van der Waals surface area (Å²) in [5.74, 6) is -0.0400. The number of aryl methyl sites for hydroxylation is 1. The third-order valence-electron chi connectivity index (χ3n) is 4.82. The minimum absolute atomic E-state index is 0.0337. The number of carbonyl (C=O) groups excluding carboxylic acids is 2. The molecule has 1 heterocycles. The van der Waals surface area contributed by atoms with E-state index in [1.807, 2.05) is 60.0 Å². The molecular weight excluding hydrogens is 326 g/mol. The largest absolute Gasteiger partial charge is 0.353 e. The second-order valence-electron chi connectivity index (χ2n) is 6.96. The summed E-state index contributed by atoms with van der Waals surface area (Å²) in [6.07, 6.45) is 4.92. The zero-order valence-electron chi connectivity index (χ0n) is 15.6. The molecule has 5 nitrogen and oxygen atoms in total. The monoisotopic (exact) mass is 353 g/mol. The summed E-state index contributed by atoms with van der Waals surface area (Å²) in [4.78, 5) is 29.4. The molecule has 26 heavy (non-hydrogen) atoms. The molecule has 0 spiro atoms. The highest BCUT2D eigenvalue weighted by molar-refractivity contribution is 5.96. The zero-order valence-corrected chi connectivity index (χ0v) is 15.6. The van der Waals surface area contributed by atoms with Crippen LogP contribution in [0.2, 0.25) is 0 Å². The molecule has 0 bridgehead atoms. The van der Waals surface area contributed by atoms with Gasteiger partial charge in [0.1, 0.15) is 6.54 Å². The van der Waals surface area contributed by atoms with Crippen LogP contribution in [0.1, 0.15) is 42.2 Å². The molecule has 2 aromatic rings. The number of carbonyl (C=O) groups is 2. The van der Waals surface area contributed by atoms with Gasteiger partial charge in [-0.15, -0.1) is 0 Å². The Labute approximate surface area is 155 Å². The topological polar surface area (TPSA) is 45.6 Å². The Bertz CT molecular complexity index is 750. The third kappa shape index (κ3) is 4.34. The van der Waals surface area contributed by atoms with E-state index in [9.17, 15) is 9.59 Å². The normalized spacial score (nSPS) is 13.5. The Morgan fingerprint density at radius 1 is 1.12 bits per heavy atom. The van der Waals surface area contributed by atoms with Gasteiger partial charge in [-0.2, -0.15) is 0 Å². The molecule has 5 heteroatoms. The maximum Gasteiger partial charge on any atom is 0.254 e. The van der Waals surface area contributed by atoms with E-state index >= 15 is 0 Å². The van der Waals surface area contributed by atoms with Gasteiger partial charge in [-0.1, -0.05) is 25.1 Å². The third-order valence-corrected chi connectivity index (χ3v) is 4.82. The van der Waals surface area contributed by atoms with Crippen molar-refractivity contribution in [3.05, 3.63) is 59.9 Å².